The molecule has 25 heavy (non-hydrogen) atoms. The zero-order chi connectivity index (χ0) is 18.2. The number of hydrogen-bond donors (Lipinski definition) is 3. The topological polar surface area (TPSA) is 122 Å². The Morgan fingerprint density at radius 3 is 2.88 bits per heavy atom. The third kappa shape index (κ3) is 2.84. The maximum absolute atomic E-state index is 12.7. The summed E-state index contributed by atoms with van der Waals surface area (Å²) in [5, 5.41) is 13.3. The summed E-state index contributed by atoms with van der Waals surface area (Å²) in [4.78, 5) is 38.8. The molecule has 0 bridgehead atoms. The molecule has 10 heteroatoms. The summed E-state index contributed by atoms with van der Waals surface area (Å²) >= 11 is 2.74. The Bertz CT molecular complexity index is 748. The van der Waals surface area contributed by atoms with Gasteiger partial charge in [0.15, 0.2) is 0 Å². The lowest BCUT2D eigenvalue weighted by atomic mass is 9.97. The molecule has 2 atom stereocenters. The molecule has 3 heterocycles. The van der Waals surface area contributed by atoms with Crippen LogP contribution in [0, 0.1) is 0 Å². The number of nitrogens with one attached hydrogen (secondary N) is 1. The van der Waals surface area contributed by atoms with Crippen LogP contribution in [0.3, 0.4) is 0 Å². The molecule has 2 unspecified atom stereocenters. The van der Waals surface area contributed by atoms with E-state index in [1.807, 2.05) is 17.5 Å². The number of thioether (sulfide) groups is 1. The summed E-state index contributed by atoms with van der Waals surface area (Å²) in [5.74, 6) is -1.41. The predicted octanol–water partition coefficient (Wildman–Crippen LogP) is -0.604. The van der Waals surface area contributed by atoms with Gasteiger partial charge in [0, 0.05) is 17.7 Å². The molecule has 3 amide bonds. The van der Waals surface area contributed by atoms with Crippen LogP contribution in [0.1, 0.15) is 4.88 Å². The van der Waals surface area contributed by atoms with Crippen LogP contribution in [0.2, 0.25) is 0 Å². The summed E-state index contributed by atoms with van der Waals surface area (Å²) < 4.78 is 5.36. The van der Waals surface area contributed by atoms with Gasteiger partial charge in [-0.15, -0.1) is 23.1 Å². The normalized spacial score (nSPS) is 25.4. The SMILES string of the molecule is COC1(NC(=O)Cc2cccs2)C(=O)N2C(C(N)=O)=C(CO)CSC21. The zero-order valence-corrected chi connectivity index (χ0v) is 15.0. The van der Waals surface area contributed by atoms with E-state index in [1.54, 1.807) is 0 Å². The lowest BCUT2D eigenvalue weighted by molar-refractivity contribution is -0.191. The fourth-order valence-corrected chi connectivity index (χ4v) is 5.06. The van der Waals surface area contributed by atoms with E-state index in [9.17, 15) is 19.5 Å². The molecule has 1 fully saturated rings. The molecule has 1 saturated heterocycles. The van der Waals surface area contributed by atoms with Gasteiger partial charge < -0.3 is 20.9 Å². The summed E-state index contributed by atoms with van der Waals surface area (Å²) in [5.41, 5.74) is 4.19. The van der Waals surface area contributed by atoms with Crippen molar-refractivity contribution >= 4 is 40.8 Å². The Labute approximate surface area is 152 Å². The average Bonchev–Trinajstić information content (AvgIpc) is 3.10. The molecule has 0 aromatic carbocycles. The highest BCUT2D eigenvalue weighted by Crippen LogP contribution is 2.46. The Morgan fingerprint density at radius 1 is 1.56 bits per heavy atom. The minimum atomic E-state index is -1.54. The number of thiophene rings is 1. The van der Waals surface area contributed by atoms with Crippen LogP contribution >= 0.6 is 23.1 Å². The Balaban J connectivity index is 1.82. The Hall–Kier alpha value is -1.88. The number of aliphatic hydroxyl groups is 1. The first kappa shape index (κ1) is 17.9. The molecular formula is C15H17N3O5S2. The number of rotatable bonds is 6. The van der Waals surface area contributed by atoms with Crippen LogP contribution in [-0.2, 0) is 25.5 Å². The van der Waals surface area contributed by atoms with Gasteiger partial charge in [-0.2, -0.15) is 0 Å². The number of nitrogens with two attached hydrogens (primary N) is 1. The van der Waals surface area contributed by atoms with Crippen molar-refractivity contribution in [2.24, 2.45) is 5.73 Å². The van der Waals surface area contributed by atoms with Gasteiger partial charge in [-0.05, 0) is 17.0 Å². The molecule has 2 aliphatic rings. The quantitative estimate of drug-likeness (QED) is 0.445. The summed E-state index contributed by atoms with van der Waals surface area (Å²) in [7, 11) is 1.33. The number of nitrogens with zero attached hydrogens (tertiary/aromatic N) is 1. The number of aliphatic hydroxyl groups excluding tert-OH is 1. The number of hydrogen-bond acceptors (Lipinski definition) is 7. The van der Waals surface area contributed by atoms with Crippen molar-refractivity contribution in [2.45, 2.75) is 17.5 Å². The predicted molar refractivity (Wildman–Crippen MR) is 92.3 cm³/mol. The first-order chi connectivity index (χ1) is 11.9. The van der Waals surface area contributed by atoms with E-state index < -0.39 is 22.9 Å². The minimum absolute atomic E-state index is 0.0172. The largest absolute Gasteiger partial charge is 0.392 e. The van der Waals surface area contributed by atoms with Gasteiger partial charge in [-0.25, -0.2) is 0 Å². The molecule has 8 nitrogen and oxygen atoms in total. The highest BCUT2D eigenvalue weighted by atomic mass is 32.2. The number of fused-ring (bicyclic) bond motifs is 1. The lowest BCUT2D eigenvalue weighted by Gasteiger charge is -2.56. The maximum Gasteiger partial charge on any atom is 0.284 e. The number of carbonyl (C=O) groups is 3. The van der Waals surface area contributed by atoms with Gasteiger partial charge in [0.1, 0.15) is 11.1 Å². The van der Waals surface area contributed by atoms with Gasteiger partial charge in [-0.3, -0.25) is 19.3 Å². The van der Waals surface area contributed by atoms with Crippen molar-refractivity contribution in [2.75, 3.05) is 19.5 Å². The van der Waals surface area contributed by atoms with E-state index in [-0.39, 0.29) is 24.6 Å². The molecule has 3 rings (SSSR count). The number of ether oxygens (including phenoxy) is 1. The summed E-state index contributed by atoms with van der Waals surface area (Å²) in [6, 6.07) is 3.67. The monoisotopic (exact) mass is 383 g/mol. The molecule has 0 aliphatic carbocycles. The Morgan fingerprint density at radius 2 is 2.32 bits per heavy atom. The molecule has 0 radical (unpaired) electrons. The van der Waals surface area contributed by atoms with Crippen molar-refractivity contribution in [3.63, 3.8) is 0 Å². The van der Waals surface area contributed by atoms with Crippen LogP contribution in [0.15, 0.2) is 28.8 Å². The second kappa shape index (κ2) is 6.79. The molecule has 4 N–H and O–H groups in total. The second-order valence-corrected chi connectivity index (χ2v) is 7.66. The molecule has 0 saturated carbocycles. The highest BCUT2D eigenvalue weighted by molar-refractivity contribution is 8.00. The molecule has 1 aromatic heterocycles. The fourth-order valence-electron chi connectivity index (χ4n) is 2.93. The molecule has 1 aromatic rings. The summed E-state index contributed by atoms with van der Waals surface area (Å²) in [6.45, 7) is -0.369. The third-order valence-corrected chi connectivity index (χ3v) is 6.35. The fraction of sp³-hybridized carbons (Fsp3) is 0.400. The van der Waals surface area contributed by atoms with E-state index in [1.165, 1.54) is 35.1 Å². The molecule has 134 valence electrons. The van der Waals surface area contributed by atoms with Gasteiger partial charge in [0.2, 0.25) is 5.91 Å². The van der Waals surface area contributed by atoms with Crippen molar-refractivity contribution < 1.29 is 24.2 Å². The highest BCUT2D eigenvalue weighted by Gasteiger charge is 2.66. The number of primary amides is 1. The van der Waals surface area contributed by atoms with E-state index >= 15 is 0 Å². The number of amides is 3. The van der Waals surface area contributed by atoms with Gasteiger partial charge in [-0.1, -0.05) is 6.07 Å². The van der Waals surface area contributed by atoms with E-state index in [0.29, 0.717) is 11.3 Å². The van der Waals surface area contributed by atoms with Crippen LogP contribution in [0.4, 0.5) is 0 Å². The van der Waals surface area contributed by atoms with Crippen molar-refractivity contribution in [1.29, 1.82) is 0 Å². The van der Waals surface area contributed by atoms with Crippen LogP contribution in [-0.4, -0.2) is 58.3 Å². The Kier molecular flexibility index (Phi) is 4.87. The third-order valence-electron chi connectivity index (χ3n) is 4.10. The van der Waals surface area contributed by atoms with Crippen LogP contribution < -0.4 is 11.1 Å². The van der Waals surface area contributed by atoms with Gasteiger partial charge in [0.25, 0.3) is 17.5 Å². The second-order valence-electron chi connectivity index (χ2n) is 5.56. The number of β-lactam (4-membered cyclic amide) rings is 1. The first-order valence-electron chi connectivity index (χ1n) is 7.41. The van der Waals surface area contributed by atoms with Crippen molar-refractivity contribution in [1.82, 2.24) is 10.2 Å². The van der Waals surface area contributed by atoms with Crippen LogP contribution in [0.5, 0.6) is 0 Å². The molecule has 2 aliphatic heterocycles. The van der Waals surface area contributed by atoms with Crippen molar-refractivity contribution in [3.05, 3.63) is 33.7 Å². The first-order valence-corrected chi connectivity index (χ1v) is 9.34. The zero-order valence-electron chi connectivity index (χ0n) is 13.4. The smallest absolute Gasteiger partial charge is 0.284 e. The van der Waals surface area contributed by atoms with E-state index in [4.69, 9.17) is 10.5 Å². The van der Waals surface area contributed by atoms with Gasteiger partial charge in [0.05, 0.1) is 13.0 Å². The summed E-state index contributed by atoms with van der Waals surface area (Å²) in [6.07, 6.45) is 0.133. The van der Waals surface area contributed by atoms with Crippen molar-refractivity contribution in [3.8, 4) is 0 Å². The molecule has 0 spiro atoms. The van der Waals surface area contributed by atoms with E-state index in [0.717, 1.165) is 4.88 Å². The average molecular weight is 383 g/mol. The van der Waals surface area contributed by atoms with Gasteiger partial charge >= 0.3 is 0 Å². The number of carbonyl (C=O) groups excluding carboxylic acids is 3. The maximum atomic E-state index is 12.7. The van der Waals surface area contributed by atoms with E-state index in [2.05, 4.69) is 5.32 Å². The standard InChI is InChI=1S/C15H17N3O5S2/c1-23-15(17-10(20)5-9-3-2-4-24-9)13(22)18-11(12(16)21)8(6-19)7-25-14(15)18/h2-4,14,19H,5-7H2,1H3,(H2,16,21)(H,17,20). The lowest BCUT2D eigenvalue weighted by Crippen LogP contribution is -2.81. The van der Waals surface area contributed by atoms with Crippen LogP contribution in [0.25, 0.3) is 0 Å². The number of methoxy groups -OCH3 is 1. The molecular weight excluding hydrogens is 366 g/mol. The minimum Gasteiger partial charge on any atom is -0.392 e.